The maximum Gasteiger partial charge on any atom is 0.120 e. The van der Waals surface area contributed by atoms with Crippen LogP contribution in [0.4, 0.5) is 5.69 Å². The van der Waals surface area contributed by atoms with Crippen LogP contribution in [0.5, 0.6) is 5.75 Å². The number of aryl methyl sites for hydroxylation is 1. The normalized spacial score (nSPS) is 10.7. The zero-order valence-electron chi connectivity index (χ0n) is 9.25. The second-order valence-electron chi connectivity index (χ2n) is 3.54. The highest BCUT2D eigenvalue weighted by molar-refractivity contribution is 14.1. The van der Waals surface area contributed by atoms with Crippen LogP contribution in [0.25, 0.3) is 10.9 Å². The van der Waals surface area contributed by atoms with Crippen molar-refractivity contribution in [2.45, 2.75) is 13.8 Å². The zero-order valence-corrected chi connectivity index (χ0v) is 11.4. The Morgan fingerprint density at radius 3 is 2.88 bits per heavy atom. The third-order valence-corrected chi connectivity index (χ3v) is 3.77. The van der Waals surface area contributed by atoms with Crippen molar-refractivity contribution in [2.24, 2.45) is 0 Å². The SMILES string of the molecule is CCOc1ccc2nc(C)c(I)c(N)c2c1. The molecule has 4 heteroatoms. The molecule has 0 saturated heterocycles. The number of anilines is 1. The van der Waals surface area contributed by atoms with Crippen molar-refractivity contribution in [3.8, 4) is 5.75 Å². The Kier molecular flexibility index (Phi) is 3.18. The Morgan fingerprint density at radius 2 is 2.19 bits per heavy atom. The van der Waals surface area contributed by atoms with E-state index in [4.69, 9.17) is 10.5 Å². The molecule has 2 aromatic rings. The second kappa shape index (κ2) is 4.45. The van der Waals surface area contributed by atoms with Gasteiger partial charge in [0, 0.05) is 5.39 Å². The summed E-state index contributed by atoms with van der Waals surface area (Å²) >= 11 is 2.22. The molecule has 0 saturated carbocycles. The van der Waals surface area contributed by atoms with Crippen molar-refractivity contribution in [1.82, 2.24) is 4.98 Å². The summed E-state index contributed by atoms with van der Waals surface area (Å²) in [6, 6.07) is 5.81. The smallest absolute Gasteiger partial charge is 0.120 e. The van der Waals surface area contributed by atoms with E-state index in [2.05, 4.69) is 27.6 Å². The average molecular weight is 328 g/mol. The fraction of sp³-hybridized carbons (Fsp3) is 0.250. The molecule has 3 nitrogen and oxygen atoms in total. The fourth-order valence-electron chi connectivity index (χ4n) is 1.63. The van der Waals surface area contributed by atoms with Gasteiger partial charge in [-0.05, 0) is 54.6 Å². The van der Waals surface area contributed by atoms with Gasteiger partial charge in [-0.1, -0.05) is 0 Å². The molecule has 0 unspecified atom stereocenters. The number of nitrogens with zero attached hydrogens (tertiary/aromatic N) is 1. The fourth-order valence-corrected chi connectivity index (χ4v) is 2.04. The molecule has 0 atom stereocenters. The van der Waals surface area contributed by atoms with Gasteiger partial charge in [0.1, 0.15) is 5.75 Å². The number of nitrogen functional groups attached to an aromatic ring is 1. The quantitative estimate of drug-likeness (QED) is 0.862. The molecule has 0 fully saturated rings. The summed E-state index contributed by atoms with van der Waals surface area (Å²) in [5, 5.41) is 0.959. The summed E-state index contributed by atoms with van der Waals surface area (Å²) in [4.78, 5) is 4.49. The van der Waals surface area contributed by atoms with E-state index in [-0.39, 0.29) is 0 Å². The van der Waals surface area contributed by atoms with Gasteiger partial charge in [0.25, 0.3) is 0 Å². The second-order valence-corrected chi connectivity index (χ2v) is 4.62. The Hall–Kier alpha value is -1.04. The molecule has 0 spiro atoms. The highest BCUT2D eigenvalue weighted by atomic mass is 127. The molecule has 2 N–H and O–H groups in total. The molecular weight excluding hydrogens is 315 g/mol. The van der Waals surface area contributed by atoms with Crippen LogP contribution in [0.3, 0.4) is 0 Å². The van der Waals surface area contributed by atoms with Crippen LogP contribution in [0.2, 0.25) is 0 Å². The first-order chi connectivity index (χ1) is 7.63. The van der Waals surface area contributed by atoms with Gasteiger partial charge in [-0.15, -0.1) is 0 Å². The summed E-state index contributed by atoms with van der Waals surface area (Å²) in [7, 11) is 0. The van der Waals surface area contributed by atoms with Crippen LogP contribution in [0.1, 0.15) is 12.6 Å². The zero-order chi connectivity index (χ0) is 11.7. The number of ether oxygens (including phenoxy) is 1. The number of nitrogens with two attached hydrogens (primary N) is 1. The molecule has 84 valence electrons. The standard InChI is InChI=1S/C12H13IN2O/c1-3-16-8-4-5-10-9(6-8)12(14)11(13)7(2)15-10/h4-6H,3H2,1-2H3,(H2,14,15). The lowest BCUT2D eigenvalue weighted by molar-refractivity contribution is 0.340. The van der Waals surface area contributed by atoms with Gasteiger partial charge >= 0.3 is 0 Å². The first kappa shape index (κ1) is 11.4. The molecule has 1 heterocycles. The number of rotatable bonds is 2. The minimum atomic E-state index is 0.655. The van der Waals surface area contributed by atoms with E-state index in [1.165, 1.54) is 0 Å². The minimum absolute atomic E-state index is 0.655. The van der Waals surface area contributed by atoms with Gasteiger partial charge in [-0.3, -0.25) is 4.98 Å². The Balaban J connectivity index is 2.68. The van der Waals surface area contributed by atoms with Gasteiger partial charge in [0.2, 0.25) is 0 Å². The van der Waals surface area contributed by atoms with Crippen molar-refractivity contribution in [3.63, 3.8) is 0 Å². The van der Waals surface area contributed by atoms with Crippen molar-refractivity contribution >= 4 is 39.2 Å². The topological polar surface area (TPSA) is 48.1 Å². The molecule has 16 heavy (non-hydrogen) atoms. The van der Waals surface area contributed by atoms with Gasteiger partial charge < -0.3 is 10.5 Å². The minimum Gasteiger partial charge on any atom is -0.494 e. The predicted molar refractivity (Wildman–Crippen MR) is 74.8 cm³/mol. The number of fused-ring (bicyclic) bond motifs is 1. The maximum atomic E-state index is 6.08. The van der Waals surface area contributed by atoms with Gasteiger partial charge in [-0.2, -0.15) is 0 Å². The van der Waals surface area contributed by atoms with Gasteiger partial charge in [-0.25, -0.2) is 0 Å². The third-order valence-electron chi connectivity index (χ3n) is 2.41. The number of pyridine rings is 1. The van der Waals surface area contributed by atoms with E-state index in [0.29, 0.717) is 6.61 Å². The lowest BCUT2D eigenvalue weighted by Crippen LogP contribution is -1.98. The van der Waals surface area contributed by atoms with E-state index in [1.807, 2.05) is 32.0 Å². The number of hydrogen-bond acceptors (Lipinski definition) is 3. The van der Waals surface area contributed by atoms with E-state index in [0.717, 1.165) is 31.6 Å². The van der Waals surface area contributed by atoms with Crippen LogP contribution in [-0.4, -0.2) is 11.6 Å². The van der Waals surface area contributed by atoms with Crippen LogP contribution in [0, 0.1) is 10.5 Å². The van der Waals surface area contributed by atoms with Crippen LogP contribution in [0.15, 0.2) is 18.2 Å². The molecule has 0 bridgehead atoms. The van der Waals surface area contributed by atoms with Crippen molar-refractivity contribution < 1.29 is 4.74 Å². The van der Waals surface area contributed by atoms with E-state index in [9.17, 15) is 0 Å². The number of benzene rings is 1. The summed E-state index contributed by atoms with van der Waals surface area (Å²) < 4.78 is 6.47. The molecular formula is C12H13IN2O. The molecule has 1 aromatic carbocycles. The molecule has 0 aliphatic carbocycles. The average Bonchev–Trinajstić information content (AvgIpc) is 2.28. The van der Waals surface area contributed by atoms with Crippen molar-refractivity contribution in [2.75, 3.05) is 12.3 Å². The lowest BCUT2D eigenvalue weighted by atomic mass is 10.1. The molecule has 0 radical (unpaired) electrons. The number of halogens is 1. The van der Waals surface area contributed by atoms with Crippen LogP contribution in [-0.2, 0) is 0 Å². The Morgan fingerprint density at radius 1 is 1.44 bits per heavy atom. The lowest BCUT2D eigenvalue weighted by Gasteiger charge is -2.09. The summed E-state index contributed by atoms with van der Waals surface area (Å²) in [6.07, 6.45) is 0. The van der Waals surface area contributed by atoms with Crippen LogP contribution < -0.4 is 10.5 Å². The van der Waals surface area contributed by atoms with E-state index < -0.39 is 0 Å². The van der Waals surface area contributed by atoms with Gasteiger partial charge in [0.15, 0.2) is 0 Å². The third kappa shape index (κ3) is 1.93. The first-order valence-corrected chi connectivity index (χ1v) is 6.19. The highest BCUT2D eigenvalue weighted by Gasteiger charge is 2.08. The van der Waals surface area contributed by atoms with E-state index in [1.54, 1.807) is 0 Å². The maximum absolute atomic E-state index is 6.08. The van der Waals surface area contributed by atoms with E-state index >= 15 is 0 Å². The Labute approximate surface area is 108 Å². The molecule has 2 rings (SSSR count). The first-order valence-electron chi connectivity index (χ1n) is 5.11. The number of aromatic nitrogens is 1. The Bertz CT molecular complexity index is 540. The summed E-state index contributed by atoms with van der Waals surface area (Å²) in [5.41, 5.74) is 8.75. The molecule has 1 aromatic heterocycles. The van der Waals surface area contributed by atoms with Crippen molar-refractivity contribution in [3.05, 3.63) is 27.5 Å². The predicted octanol–water partition coefficient (Wildman–Crippen LogP) is 3.13. The van der Waals surface area contributed by atoms with Gasteiger partial charge in [0.05, 0.1) is 27.1 Å². The summed E-state index contributed by atoms with van der Waals surface area (Å²) in [6.45, 7) is 4.58. The molecule has 0 aliphatic heterocycles. The largest absolute Gasteiger partial charge is 0.494 e. The molecule has 0 amide bonds. The van der Waals surface area contributed by atoms with Crippen LogP contribution >= 0.6 is 22.6 Å². The monoisotopic (exact) mass is 328 g/mol. The summed E-state index contributed by atoms with van der Waals surface area (Å²) in [5.74, 6) is 0.836. The molecule has 0 aliphatic rings. The number of hydrogen-bond donors (Lipinski definition) is 1. The highest BCUT2D eigenvalue weighted by Crippen LogP contribution is 2.29. The van der Waals surface area contributed by atoms with Crippen molar-refractivity contribution in [1.29, 1.82) is 0 Å².